The molecule has 0 aliphatic rings. The molecule has 4 N–H and O–H groups in total. The lowest BCUT2D eigenvalue weighted by Gasteiger charge is -2.16. The molecule has 6 nitrogen and oxygen atoms in total. The van der Waals surface area contributed by atoms with E-state index in [0.29, 0.717) is 6.20 Å². The highest BCUT2D eigenvalue weighted by Crippen LogP contribution is 2.37. The fourth-order valence-corrected chi connectivity index (χ4v) is 2.37. The third kappa shape index (κ3) is 3.74. The van der Waals surface area contributed by atoms with Crippen LogP contribution in [0.15, 0.2) is 11.1 Å². The molecule has 0 aliphatic heterocycles. The van der Waals surface area contributed by atoms with Crippen LogP contribution in [0.3, 0.4) is 0 Å². The van der Waals surface area contributed by atoms with Crippen molar-refractivity contribution in [2.75, 3.05) is 0 Å². The predicted octanol–water partition coefficient (Wildman–Crippen LogP) is 1.02. The van der Waals surface area contributed by atoms with Gasteiger partial charge in [0.2, 0.25) is 10.0 Å². The monoisotopic (exact) mass is 321 g/mol. The number of aromatic nitrogens is 1. The second-order valence-corrected chi connectivity index (χ2v) is 4.91. The molecule has 0 atom stereocenters. The van der Waals surface area contributed by atoms with Crippen LogP contribution >= 0.6 is 0 Å². The predicted molar refractivity (Wildman–Crippen MR) is 55.1 cm³/mol. The molecule has 0 saturated carbocycles. The van der Waals surface area contributed by atoms with Crippen LogP contribution in [-0.2, 0) is 16.6 Å². The summed E-state index contributed by atoms with van der Waals surface area (Å²) in [6.45, 7) is -0.613. The second-order valence-electron chi connectivity index (χ2n) is 3.41. The van der Waals surface area contributed by atoms with Gasteiger partial charge in [-0.1, -0.05) is 0 Å². The van der Waals surface area contributed by atoms with Crippen molar-refractivity contribution >= 4 is 10.0 Å². The standard InChI is InChI=1S/C8H8F5N3O3S/c9-7(10)5-4(19-8(11,12)13)2-16-3(1-14)6(5)20(15,17)18/h2,7H,1,14H2,(H2,15,17,18). The Bertz CT molecular complexity index is 602. The van der Waals surface area contributed by atoms with Gasteiger partial charge in [0, 0.05) is 6.54 Å². The van der Waals surface area contributed by atoms with Crippen molar-refractivity contribution in [2.24, 2.45) is 10.9 Å². The number of primary sulfonamides is 1. The molecule has 12 heteroatoms. The lowest BCUT2D eigenvalue weighted by molar-refractivity contribution is -0.275. The van der Waals surface area contributed by atoms with E-state index in [1.807, 2.05) is 0 Å². The number of nitrogens with zero attached hydrogens (tertiary/aromatic N) is 1. The number of pyridine rings is 1. The minimum absolute atomic E-state index is 0.311. The maximum atomic E-state index is 12.9. The molecule has 0 radical (unpaired) electrons. The highest BCUT2D eigenvalue weighted by molar-refractivity contribution is 7.89. The molecule has 1 heterocycles. The number of ether oxygens (including phenoxy) is 1. The Kier molecular flexibility index (Phi) is 4.51. The number of halogens is 5. The van der Waals surface area contributed by atoms with Crippen LogP contribution in [0.2, 0.25) is 0 Å². The zero-order valence-electron chi connectivity index (χ0n) is 9.49. The Balaban J connectivity index is 3.66. The van der Waals surface area contributed by atoms with Crippen LogP contribution in [0, 0.1) is 0 Å². The number of hydrogen-bond donors (Lipinski definition) is 2. The van der Waals surface area contributed by atoms with E-state index in [0.717, 1.165) is 0 Å². The minimum atomic E-state index is -5.30. The number of sulfonamides is 1. The molecule has 0 aliphatic carbocycles. The summed E-state index contributed by atoms with van der Waals surface area (Å²) in [6, 6.07) is 0. The number of hydrogen-bond acceptors (Lipinski definition) is 5. The van der Waals surface area contributed by atoms with Gasteiger partial charge in [0.05, 0.1) is 17.5 Å². The normalized spacial score (nSPS) is 12.8. The van der Waals surface area contributed by atoms with Gasteiger partial charge in [-0.2, -0.15) is 0 Å². The van der Waals surface area contributed by atoms with Gasteiger partial charge >= 0.3 is 6.36 Å². The van der Waals surface area contributed by atoms with Gasteiger partial charge in [0.1, 0.15) is 4.90 Å². The van der Waals surface area contributed by atoms with Crippen molar-refractivity contribution in [3.05, 3.63) is 17.5 Å². The smallest absolute Gasteiger partial charge is 0.404 e. The summed E-state index contributed by atoms with van der Waals surface area (Å²) in [5.74, 6) is -1.45. The van der Waals surface area contributed by atoms with Crippen molar-refractivity contribution in [2.45, 2.75) is 24.2 Å². The van der Waals surface area contributed by atoms with Crippen molar-refractivity contribution in [3.63, 3.8) is 0 Å². The van der Waals surface area contributed by atoms with Gasteiger partial charge in [0.25, 0.3) is 6.43 Å². The van der Waals surface area contributed by atoms with E-state index in [9.17, 15) is 30.4 Å². The molecular weight excluding hydrogens is 313 g/mol. The maximum absolute atomic E-state index is 12.9. The zero-order valence-corrected chi connectivity index (χ0v) is 10.3. The van der Waals surface area contributed by atoms with Gasteiger partial charge in [-0.3, -0.25) is 4.98 Å². The van der Waals surface area contributed by atoms with E-state index >= 15 is 0 Å². The molecule has 1 rings (SSSR count). The lowest BCUT2D eigenvalue weighted by Crippen LogP contribution is -2.23. The van der Waals surface area contributed by atoms with Gasteiger partial charge in [-0.05, 0) is 0 Å². The summed E-state index contributed by atoms with van der Waals surface area (Å²) in [7, 11) is -4.77. The fourth-order valence-electron chi connectivity index (χ4n) is 1.41. The first-order valence-electron chi connectivity index (χ1n) is 4.76. The minimum Gasteiger partial charge on any atom is -0.404 e. The number of alkyl halides is 5. The summed E-state index contributed by atoms with van der Waals surface area (Å²) in [5.41, 5.74) is 2.99. The summed E-state index contributed by atoms with van der Waals surface area (Å²) in [4.78, 5) is 1.98. The summed E-state index contributed by atoms with van der Waals surface area (Å²) < 4.78 is 87.9. The van der Waals surface area contributed by atoms with Crippen LogP contribution in [0.1, 0.15) is 17.7 Å². The summed E-state index contributed by atoms with van der Waals surface area (Å²) in [5, 5.41) is 4.71. The van der Waals surface area contributed by atoms with E-state index < -0.39 is 51.3 Å². The summed E-state index contributed by atoms with van der Waals surface area (Å²) in [6.07, 6.45) is -8.58. The van der Waals surface area contributed by atoms with Gasteiger partial charge in [0.15, 0.2) is 5.75 Å². The van der Waals surface area contributed by atoms with Crippen molar-refractivity contribution in [1.82, 2.24) is 4.98 Å². The molecule has 0 bridgehead atoms. The average Bonchev–Trinajstić information content (AvgIpc) is 2.24. The molecule has 1 aromatic rings. The van der Waals surface area contributed by atoms with Crippen LogP contribution in [-0.4, -0.2) is 19.8 Å². The Hall–Kier alpha value is -1.53. The highest BCUT2D eigenvalue weighted by Gasteiger charge is 2.36. The number of nitrogens with two attached hydrogens (primary N) is 2. The first kappa shape index (κ1) is 16.5. The molecule has 0 saturated heterocycles. The van der Waals surface area contributed by atoms with Crippen molar-refractivity contribution in [3.8, 4) is 5.75 Å². The van der Waals surface area contributed by atoms with Crippen LogP contribution in [0.5, 0.6) is 5.75 Å². The van der Waals surface area contributed by atoms with Crippen LogP contribution in [0.25, 0.3) is 0 Å². The molecule has 114 valence electrons. The Labute approximate surface area is 109 Å². The third-order valence-electron chi connectivity index (χ3n) is 2.03. The van der Waals surface area contributed by atoms with Gasteiger partial charge < -0.3 is 10.5 Å². The zero-order chi connectivity index (χ0) is 15.7. The Morgan fingerprint density at radius 2 is 1.90 bits per heavy atom. The van der Waals surface area contributed by atoms with E-state index in [2.05, 4.69) is 9.72 Å². The van der Waals surface area contributed by atoms with E-state index in [1.54, 1.807) is 0 Å². The molecular formula is C8H8F5N3O3S. The Morgan fingerprint density at radius 3 is 2.25 bits per heavy atom. The molecule has 0 amide bonds. The molecule has 0 spiro atoms. The second kappa shape index (κ2) is 5.46. The molecule has 0 unspecified atom stereocenters. The fraction of sp³-hybridized carbons (Fsp3) is 0.375. The molecule has 1 aromatic heterocycles. The van der Waals surface area contributed by atoms with Crippen LogP contribution in [0.4, 0.5) is 22.0 Å². The Morgan fingerprint density at radius 1 is 1.35 bits per heavy atom. The van der Waals surface area contributed by atoms with E-state index in [-0.39, 0.29) is 0 Å². The van der Waals surface area contributed by atoms with Crippen molar-refractivity contribution < 1.29 is 35.1 Å². The van der Waals surface area contributed by atoms with Crippen LogP contribution < -0.4 is 15.6 Å². The first-order valence-corrected chi connectivity index (χ1v) is 6.30. The molecule has 0 aromatic carbocycles. The van der Waals surface area contributed by atoms with E-state index in [1.165, 1.54) is 0 Å². The largest absolute Gasteiger partial charge is 0.573 e. The van der Waals surface area contributed by atoms with Gasteiger partial charge in [-0.15, -0.1) is 13.2 Å². The maximum Gasteiger partial charge on any atom is 0.573 e. The third-order valence-corrected chi connectivity index (χ3v) is 3.06. The van der Waals surface area contributed by atoms with Gasteiger partial charge in [-0.25, -0.2) is 22.3 Å². The first-order chi connectivity index (χ1) is 8.97. The topological polar surface area (TPSA) is 108 Å². The average molecular weight is 321 g/mol. The number of rotatable bonds is 4. The van der Waals surface area contributed by atoms with E-state index in [4.69, 9.17) is 10.9 Å². The highest BCUT2D eigenvalue weighted by atomic mass is 32.2. The molecule has 0 fully saturated rings. The lowest BCUT2D eigenvalue weighted by atomic mass is 10.2. The summed E-state index contributed by atoms with van der Waals surface area (Å²) >= 11 is 0. The van der Waals surface area contributed by atoms with Crippen molar-refractivity contribution in [1.29, 1.82) is 0 Å². The quantitative estimate of drug-likeness (QED) is 0.805. The SMILES string of the molecule is NCc1ncc(OC(F)(F)F)c(C(F)F)c1S(N)(=O)=O. The molecule has 20 heavy (non-hydrogen) atoms.